The van der Waals surface area contributed by atoms with Crippen LogP contribution in [0.25, 0.3) is 0 Å². The lowest BCUT2D eigenvalue weighted by atomic mass is 10.1. The number of hydrogen-bond acceptors (Lipinski definition) is 3. The maximum atomic E-state index is 10.3. The van der Waals surface area contributed by atoms with E-state index in [1.807, 2.05) is 0 Å². The monoisotopic (exact) mass is 173 g/mol. The first-order valence-corrected chi connectivity index (χ1v) is 3.73. The molecular weight excluding hydrogens is 162 g/mol. The first-order valence-electron chi connectivity index (χ1n) is 3.73. The summed E-state index contributed by atoms with van der Waals surface area (Å²) in [6, 6.07) is -0.917. The average molecular weight is 173 g/mol. The van der Waals surface area contributed by atoms with Gasteiger partial charge in [0.25, 0.3) is 0 Å². The molecule has 1 aliphatic rings. The lowest BCUT2D eigenvalue weighted by Crippen LogP contribution is -2.30. The third-order valence-electron chi connectivity index (χ3n) is 2.11. The maximum Gasteiger partial charge on any atom is 0.320 e. The van der Waals surface area contributed by atoms with Crippen LogP contribution in [0.4, 0.5) is 0 Å². The summed E-state index contributed by atoms with van der Waals surface area (Å²) in [6.07, 6.45) is 0.836. The number of aliphatic carboxylic acids is 2. The van der Waals surface area contributed by atoms with E-state index in [0.29, 0.717) is 6.42 Å². The van der Waals surface area contributed by atoms with Crippen LogP contribution in [0.3, 0.4) is 0 Å². The molecule has 4 N–H and O–H groups in total. The third kappa shape index (κ3) is 1.94. The highest BCUT2D eigenvalue weighted by Crippen LogP contribution is 2.41. The Balaban J connectivity index is 2.27. The van der Waals surface area contributed by atoms with Crippen LogP contribution in [0.1, 0.15) is 12.8 Å². The first-order chi connectivity index (χ1) is 5.52. The smallest absolute Gasteiger partial charge is 0.320 e. The second-order valence-electron chi connectivity index (χ2n) is 3.12. The summed E-state index contributed by atoms with van der Waals surface area (Å²) < 4.78 is 0. The predicted molar refractivity (Wildman–Crippen MR) is 39.5 cm³/mol. The molecule has 0 amide bonds. The van der Waals surface area contributed by atoms with Gasteiger partial charge in [0.2, 0.25) is 0 Å². The number of carboxylic acid groups (broad SMARTS) is 2. The molecule has 68 valence electrons. The minimum atomic E-state index is -1.06. The lowest BCUT2D eigenvalue weighted by Gasteiger charge is -2.03. The van der Waals surface area contributed by atoms with Gasteiger partial charge in [0.1, 0.15) is 6.04 Å². The summed E-state index contributed by atoms with van der Waals surface area (Å²) in [4.78, 5) is 20.6. The van der Waals surface area contributed by atoms with Crippen LogP contribution in [-0.4, -0.2) is 28.2 Å². The molecule has 0 aromatic rings. The fourth-order valence-corrected chi connectivity index (χ4v) is 1.24. The Morgan fingerprint density at radius 1 is 1.50 bits per heavy atom. The minimum Gasteiger partial charge on any atom is -0.481 e. The fraction of sp³-hybridized carbons (Fsp3) is 0.714. The van der Waals surface area contributed by atoms with Crippen LogP contribution in [0, 0.1) is 11.8 Å². The molecule has 1 rings (SSSR count). The van der Waals surface area contributed by atoms with Gasteiger partial charge in [-0.2, -0.15) is 0 Å². The van der Waals surface area contributed by atoms with E-state index in [0.717, 1.165) is 0 Å². The highest BCUT2D eigenvalue weighted by atomic mass is 16.4. The van der Waals surface area contributed by atoms with Crippen molar-refractivity contribution in [3.8, 4) is 0 Å². The van der Waals surface area contributed by atoms with Crippen molar-refractivity contribution >= 4 is 11.9 Å². The number of nitrogens with two attached hydrogens (primary N) is 1. The Morgan fingerprint density at radius 2 is 2.08 bits per heavy atom. The van der Waals surface area contributed by atoms with Gasteiger partial charge < -0.3 is 15.9 Å². The van der Waals surface area contributed by atoms with Gasteiger partial charge in [-0.3, -0.25) is 9.59 Å². The Morgan fingerprint density at radius 3 is 2.42 bits per heavy atom. The minimum absolute atomic E-state index is 0.0337. The van der Waals surface area contributed by atoms with E-state index < -0.39 is 18.0 Å². The SMILES string of the molecule is N[C@H](C[C@@H]1C[C@H]1C(=O)O)C(=O)O. The Kier molecular flexibility index (Phi) is 2.32. The van der Waals surface area contributed by atoms with Gasteiger partial charge in [0, 0.05) is 0 Å². The molecule has 1 fully saturated rings. The van der Waals surface area contributed by atoms with Gasteiger partial charge in [-0.25, -0.2) is 0 Å². The Hall–Kier alpha value is -1.10. The Labute approximate surface area is 69.2 Å². The summed E-state index contributed by atoms with van der Waals surface area (Å²) in [5, 5.41) is 16.9. The highest BCUT2D eigenvalue weighted by molar-refractivity contribution is 5.75. The zero-order chi connectivity index (χ0) is 9.30. The molecule has 5 nitrogen and oxygen atoms in total. The normalized spacial score (nSPS) is 29.4. The predicted octanol–water partition coefficient (Wildman–Crippen LogP) is -0.491. The van der Waals surface area contributed by atoms with E-state index in [4.69, 9.17) is 15.9 Å². The lowest BCUT2D eigenvalue weighted by molar-refractivity contribution is -0.140. The zero-order valence-corrected chi connectivity index (χ0v) is 6.43. The molecule has 0 aromatic carbocycles. The second kappa shape index (κ2) is 3.10. The summed E-state index contributed by atoms with van der Waals surface area (Å²) in [5.74, 6) is -2.31. The maximum absolute atomic E-state index is 10.3. The third-order valence-corrected chi connectivity index (χ3v) is 2.11. The van der Waals surface area contributed by atoms with E-state index >= 15 is 0 Å². The van der Waals surface area contributed by atoms with Crippen LogP contribution >= 0.6 is 0 Å². The molecule has 0 saturated heterocycles. The highest BCUT2D eigenvalue weighted by Gasteiger charge is 2.44. The summed E-state index contributed by atoms with van der Waals surface area (Å²) in [6.45, 7) is 0. The van der Waals surface area contributed by atoms with Gasteiger partial charge in [0.15, 0.2) is 0 Å². The standard InChI is InChI=1S/C7H11NO4/c8-5(7(11)12)2-3-1-4(3)6(9)10/h3-5H,1-2,8H2,(H,9,10)(H,11,12)/t3-,4+,5+/m0/s1. The molecule has 1 aliphatic carbocycles. The second-order valence-corrected chi connectivity index (χ2v) is 3.12. The molecular formula is C7H11NO4. The van der Waals surface area contributed by atoms with E-state index in [1.165, 1.54) is 0 Å². The average Bonchev–Trinajstić information content (AvgIpc) is 2.67. The Bertz CT molecular complexity index is 215. The molecule has 0 aromatic heterocycles. The summed E-state index contributed by atoms with van der Waals surface area (Å²) in [5.41, 5.74) is 5.23. The summed E-state index contributed by atoms with van der Waals surface area (Å²) in [7, 11) is 0. The van der Waals surface area contributed by atoms with Crippen molar-refractivity contribution in [1.82, 2.24) is 0 Å². The fourth-order valence-electron chi connectivity index (χ4n) is 1.24. The molecule has 12 heavy (non-hydrogen) atoms. The van der Waals surface area contributed by atoms with Crippen molar-refractivity contribution in [2.75, 3.05) is 0 Å². The van der Waals surface area contributed by atoms with E-state index in [9.17, 15) is 9.59 Å². The van der Waals surface area contributed by atoms with Crippen LogP contribution < -0.4 is 5.73 Å². The topological polar surface area (TPSA) is 101 Å². The zero-order valence-electron chi connectivity index (χ0n) is 6.43. The molecule has 0 radical (unpaired) electrons. The van der Waals surface area contributed by atoms with E-state index in [1.54, 1.807) is 0 Å². The number of rotatable bonds is 4. The molecule has 0 spiro atoms. The van der Waals surface area contributed by atoms with Crippen molar-refractivity contribution in [2.24, 2.45) is 17.6 Å². The molecule has 0 bridgehead atoms. The van der Waals surface area contributed by atoms with Crippen molar-refractivity contribution < 1.29 is 19.8 Å². The molecule has 1 saturated carbocycles. The van der Waals surface area contributed by atoms with Gasteiger partial charge in [0.05, 0.1) is 5.92 Å². The van der Waals surface area contributed by atoms with Crippen molar-refractivity contribution in [2.45, 2.75) is 18.9 Å². The quantitative estimate of drug-likeness (QED) is 0.532. The van der Waals surface area contributed by atoms with Crippen LogP contribution in [0.5, 0.6) is 0 Å². The van der Waals surface area contributed by atoms with Crippen LogP contribution in [0.15, 0.2) is 0 Å². The van der Waals surface area contributed by atoms with E-state index in [2.05, 4.69) is 0 Å². The summed E-state index contributed by atoms with van der Waals surface area (Å²) >= 11 is 0. The van der Waals surface area contributed by atoms with Crippen molar-refractivity contribution in [3.05, 3.63) is 0 Å². The molecule has 0 unspecified atom stereocenters. The van der Waals surface area contributed by atoms with Gasteiger partial charge in [-0.15, -0.1) is 0 Å². The van der Waals surface area contributed by atoms with Crippen LogP contribution in [0.2, 0.25) is 0 Å². The van der Waals surface area contributed by atoms with E-state index in [-0.39, 0.29) is 18.3 Å². The van der Waals surface area contributed by atoms with Crippen molar-refractivity contribution in [3.63, 3.8) is 0 Å². The number of carbonyl (C=O) groups is 2. The molecule has 0 aliphatic heterocycles. The van der Waals surface area contributed by atoms with Crippen molar-refractivity contribution in [1.29, 1.82) is 0 Å². The number of hydrogen-bond donors (Lipinski definition) is 3. The van der Waals surface area contributed by atoms with Crippen LogP contribution in [-0.2, 0) is 9.59 Å². The number of carboxylic acids is 2. The molecule has 3 atom stereocenters. The van der Waals surface area contributed by atoms with Gasteiger partial charge in [-0.1, -0.05) is 0 Å². The van der Waals surface area contributed by atoms with Gasteiger partial charge >= 0.3 is 11.9 Å². The molecule has 0 heterocycles. The first kappa shape index (κ1) is 8.99. The van der Waals surface area contributed by atoms with Gasteiger partial charge in [-0.05, 0) is 18.8 Å². The molecule has 5 heteroatoms. The largest absolute Gasteiger partial charge is 0.481 e.